The summed E-state index contributed by atoms with van der Waals surface area (Å²) in [4.78, 5) is 25.3. The van der Waals surface area contributed by atoms with Crippen molar-refractivity contribution in [3.63, 3.8) is 0 Å². The standard InChI is InChI=1S/C18H13ClN2O3S2/c1-24-14-8-2-11(3-9-14)10-15-17(23)21(18(25)26-15)20-16(22)12-4-6-13(19)7-5-12/h2-10H,1H3,(H,20,22)/b15-10+. The molecular weight excluding hydrogens is 392 g/mol. The molecule has 0 unspecified atom stereocenters. The number of carbonyl (C=O) groups excluding carboxylic acids is 2. The normalized spacial score (nSPS) is 15.5. The predicted octanol–water partition coefficient (Wildman–Crippen LogP) is 3.89. The summed E-state index contributed by atoms with van der Waals surface area (Å²) in [5.41, 5.74) is 3.73. The minimum absolute atomic E-state index is 0.261. The molecule has 8 heteroatoms. The first-order chi connectivity index (χ1) is 12.5. The maximum absolute atomic E-state index is 12.6. The lowest BCUT2D eigenvalue weighted by Gasteiger charge is -2.15. The number of halogens is 1. The maximum Gasteiger partial charge on any atom is 0.285 e. The van der Waals surface area contributed by atoms with Crippen LogP contribution in [-0.4, -0.2) is 28.3 Å². The molecule has 2 amide bonds. The van der Waals surface area contributed by atoms with Crippen molar-refractivity contribution in [2.75, 3.05) is 7.11 Å². The third-order valence-corrected chi connectivity index (χ3v) is 5.08. The average Bonchev–Trinajstić information content (AvgIpc) is 2.90. The molecule has 0 radical (unpaired) electrons. The summed E-state index contributed by atoms with van der Waals surface area (Å²) in [5.74, 6) is -0.0910. The van der Waals surface area contributed by atoms with Gasteiger partial charge >= 0.3 is 0 Å². The Kier molecular flexibility index (Phi) is 5.61. The van der Waals surface area contributed by atoms with Gasteiger partial charge in [-0.05, 0) is 60.3 Å². The first-order valence-electron chi connectivity index (χ1n) is 7.46. The highest BCUT2D eigenvalue weighted by atomic mass is 35.5. The Morgan fingerprint density at radius 2 is 1.85 bits per heavy atom. The lowest BCUT2D eigenvalue weighted by Crippen LogP contribution is -2.44. The second-order valence-electron chi connectivity index (χ2n) is 5.24. The van der Waals surface area contributed by atoms with Crippen molar-refractivity contribution in [2.24, 2.45) is 0 Å². The van der Waals surface area contributed by atoms with Crippen molar-refractivity contribution in [3.8, 4) is 5.75 Å². The van der Waals surface area contributed by atoms with Crippen LogP contribution in [0.2, 0.25) is 5.02 Å². The van der Waals surface area contributed by atoms with Gasteiger partial charge in [0.25, 0.3) is 11.8 Å². The highest BCUT2D eigenvalue weighted by Crippen LogP contribution is 2.31. The van der Waals surface area contributed by atoms with Gasteiger partial charge in [-0.2, -0.15) is 5.01 Å². The Balaban J connectivity index is 1.74. The van der Waals surface area contributed by atoms with Crippen LogP contribution in [-0.2, 0) is 4.79 Å². The number of thioether (sulfide) groups is 1. The van der Waals surface area contributed by atoms with Gasteiger partial charge in [-0.1, -0.05) is 35.5 Å². The molecule has 0 spiro atoms. The molecule has 2 aromatic rings. The van der Waals surface area contributed by atoms with E-state index < -0.39 is 5.91 Å². The van der Waals surface area contributed by atoms with E-state index in [-0.39, 0.29) is 10.2 Å². The van der Waals surface area contributed by atoms with Crippen LogP contribution >= 0.6 is 35.6 Å². The van der Waals surface area contributed by atoms with E-state index in [0.717, 1.165) is 28.1 Å². The van der Waals surface area contributed by atoms with Gasteiger partial charge in [0.05, 0.1) is 12.0 Å². The fraction of sp³-hybridized carbons (Fsp3) is 0.0556. The monoisotopic (exact) mass is 404 g/mol. The van der Waals surface area contributed by atoms with Crippen molar-refractivity contribution < 1.29 is 14.3 Å². The average molecular weight is 405 g/mol. The van der Waals surface area contributed by atoms with Gasteiger partial charge in [0.2, 0.25) is 0 Å². The Morgan fingerprint density at radius 1 is 1.19 bits per heavy atom. The molecule has 2 aromatic carbocycles. The number of hydrogen-bond acceptors (Lipinski definition) is 5. The van der Waals surface area contributed by atoms with Crippen LogP contribution in [0.1, 0.15) is 15.9 Å². The summed E-state index contributed by atoms with van der Waals surface area (Å²) in [5, 5.41) is 1.60. The highest BCUT2D eigenvalue weighted by molar-refractivity contribution is 8.26. The lowest BCUT2D eigenvalue weighted by atomic mass is 10.2. The second kappa shape index (κ2) is 7.90. The molecule has 1 N–H and O–H groups in total. The Morgan fingerprint density at radius 3 is 2.46 bits per heavy atom. The zero-order chi connectivity index (χ0) is 18.7. The Labute approximate surface area is 164 Å². The maximum atomic E-state index is 12.6. The number of hydrogen-bond donors (Lipinski definition) is 1. The number of hydrazine groups is 1. The van der Waals surface area contributed by atoms with E-state index in [1.54, 1.807) is 49.6 Å². The van der Waals surface area contributed by atoms with Gasteiger partial charge in [0.1, 0.15) is 5.75 Å². The van der Waals surface area contributed by atoms with E-state index in [4.69, 9.17) is 28.6 Å². The van der Waals surface area contributed by atoms with Crippen LogP contribution in [0.25, 0.3) is 6.08 Å². The molecule has 1 saturated heterocycles. The smallest absolute Gasteiger partial charge is 0.285 e. The third kappa shape index (κ3) is 4.07. The number of methoxy groups -OCH3 is 1. The summed E-state index contributed by atoms with van der Waals surface area (Å²) < 4.78 is 5.37. The SMILES string of the molecule is COc1ccc(/C=C2/SC(=S)N(NC(=O)c3ccc(Cl)cc3)C2=O)cc1. The van der Waals surface area contributed by atoms with Crippen LogP contribution in [0.5, 0.6) is 5.75 Å². The quantitative estimate of drug-likeness (QED) is 0.618. The molecular formula is C18H13ClN2O3S2. The number of rotatable bonds is 4. The molecule has 5 nitrogen and oxygen atoms in total. The molecule has 132 valence electrons. The minimum atomic E-state index is -0.441. The van der Waals surface area contributed by atoms with E-state index in [2.05, 4.69) is 5.43 Å². The topological polar surface area (TPSA) is 58.6 Å². The van der Waals surface area contributed by atoms with Gasteiger partial charge in [-0.15, -0.1) is 0 Å². The van der Waals surface area contributed by atoms with E-state index >= 15 is 0 Å². The first kappa shape index (κ1) is 18.4. The van der Waals surface area contributed by atoms with E-state index in [0.29, 0.717) is 15.5 Å². The largest absolute Gasteiger partial charge is 0.497 e. The van der Waals surface area contributed by atoms with Crippen LogP contribution in [0.3, 0.4) is 0 Å². The van der Waals surface area contributed by atoms with Gasteiger partial charge < -0.3 is 4.74 Å². The number of carbonyl (C=O) groups is 2. The lowest BCUT2D eigenvalue weighted by molar-refractivity contribution is -0.123. The van der Waals surface area contributed by atoms with Gasteiger partial charge in [-0.3, -0.25) is 15.0 Å². The van der Waals surface area contributed by atoms with Gasteiger partial charge in [0.15, 0.2) is 4.32 Å². The molecule has 0 aliphatic carbocycles. The van der Waals surface area contributed by atoms with E-state index in [9.17, 15) is 9.59 Å². The zero-order valence-corrected chi connectivity index (χ0v) is 16.0. The first-order valence-corrected chi connectivity index (χ1v) is 9.07. The number of ether oxygens (including phenoxy) is 1. The Bertz CT molecular complexity index is 896. The van der Waals surface area contributed by atoms with Crippen molar-refractivity contribution in [2.45, 2.75) is 0 Å². The molecule has 0 aromatic heterocycles. The highest BCUT2D eigenvalue weighted by Gasteiger charge is 2.33. The van der Waals surface area contributed by atoms with Crippen molar-refractivity contribution in [1.82, 2.24) is 10.4 Å². The fourth-order valence-electron chi connectivity index (χ4n) is 2.18. The second-order valence-corrected chi connectivity index (χ2v) is 7.35. The van der Waals surface area contributed by atoms with E-state index in [1.165, 1.54) is 0 Å². The summed E-state index contributed by atoms with van der Waals surface area (Å²) in [6, 6.07) is 13.6. The molecule has 3 rings (SSSR count). The molecule has 1 aliphatic heterocycles. The summed E-state index contributed by atoms with van der Waals surface area (Å²) in [6.45, 7) is 0. The van der Waals surface area contributed by atoms with Crippen molar-refractivity contribution >= 4 is 57.8 Å². The molecule has 0 bridgehead atoms. The van der Waals surface area contributed by atoms with Crippen molar-refractivity contribution in [3.05, 3.63) is 69.6 Å². The molecule has 26 heavy (non-hydrogen) atoms. The molecule has 1 fully saturated rings. The van der Waals surface area contributed by atoms with E-state index in [1.807, 2.05) is 12.1 Å². The number of nitrogens with zero attached hydrogens (tertiary/aromatic N) is 1. The van der Waals surface area contributed by atoms with Crippen LogP contribution < -0.4 is 10.2 Å². The van der Waals surface area contributed by atoms with Gasteiger partial charge in [0, 0.05) is 10.6 Å². The molecule has 1 heterocycles. The van der Waals surface area contributed by atoms with Crippen molar-refractivity contribution in [1.29, 1.82) is 0 Å². The number of thiocarbonyl (C=S) groups is 1. The number of nitrogens with one attached hydrogen (secondary N) is 1. The minimum Gasteiger partial charge on any atom is -0.497 e. The molecule has 1 aliphatic rings. The fourth-order valence-corrected chi connectivity index (χ4v) is 3.49. The van der Waals surface area contributed by atoms with Crippen LogP contribution in [0.4, 0.5) is 0 Å². The van der Waals surface area contributed by atoms with Crippen LogP contribution in [0.15, 0.2) is 53.4 Å². The third-order valence-electron chi connectivity index (χ3n) is 3.53. The summed E-state index contributed by atoms with van der Waals surface area (Å²) >= 11 is 12.2. The van der Waals surface area contributed by atoms with Crippen LogP contribution in [0, 0.1) is 0 Å². The Hall–Kier alpha value is -2.35. The summed E-state index contributed by atoms with van der Waals surface area (Å²) in [7, 11) is 1.59. The summed E-state index contributed by atoms with van der Waals surface area (Å²) in [6.07, 6.45) is 1.72. The number of benzene rings is 2. The predicted molar refractivity (Wildman–Crippen MR) is 107 cm³/mol. The number of amides is 2. The molecule has 0 saturated carbocycles. The molecule has 0 atom stereocenters. The zero-order valence-electron chi connectivity index (χ0n) is 13.6. The van der Waals surface area contributed by atoms with Gasteiger partial charge in [-0.25, -0.2) is 0 Å².